The number of rotatable bonds is 3. The molecule has 0 radical (unpaired) electrons. The van der Waals surface area contributed by atoms with Gasteiger partial charge in [-0.15, -0.1) is 0 Å². The third kappa shape index (κ3) is 2.94. The molecule has 0 spiro atoms. The Labute approximate surface area is 142 Å². The van der Waals surface area contributed by atoms with Crippen molar-refractivity contribution in [3.63, 3.8) is 0 Å². The highest BCUT2D eigenvalue weighted by Gasteiger charge is 2.17. The highest BCUT2D eigenvalue weighted by molar-refractivity contribution is 5.99. The molecule has 1 aliphatic rings. The van der Waals surface area contributed by atoms with Crippen molar-refractivity contribution in [2.75, 3.05) is 0 Å². The number of para-hydroxylation sites is 1. The zero-order valence-corrected chi connectivity index (χ0v) is 13.7. The summed E-state index contributed by atoms with van der Waals surface area (Å²) in [4.78, 5) is 15.9. The lowest BCUT2D eigenvalue weighted by atomic mass is 9.95. The Morgan fingerprint density at radius 2 is 1.83 bits per heavy atom. The van der Waals surface area contributed by atoms with Gasteiger partial charge in [-0.2, -0.15) is 0 Å². The first-order valence-electron chi connectivity index (χ1n) is 8.79. The number of H-pyrrole nitrogens is 1. The maximum absolute atomic E-state index is 12.6. The topological polar surface area (TPSA) is 44.9 Å². The van der Waals surface area contributed by atoms with E-state index in [1.807, 2.05) is 36.5 Å². The van der Waals surface area contributed by atoms with E-state index >= 15 is 0 Å². The quantitative estimate of drug-likeness (QED) is 0.709. The Bertz CT molecular complexity index is 859. The first-order chi connectivity index (χ1) is 11.8. The number of aromatic nitrogens is 1. The monoisotopic (exact) mass is 318 g/mol. The van der Waals surface area contributed by atoms with Crippen LogP contribution in [0.5, 0.6) is 0 Å². The minimum atomic E-state index is 0.0450. The van der Waals surface area contributed by atoms with Gasteiger partial charge in [-0.25, -0.2) is 0 Å². The smallest absolute Gasteiger partial charge is 0.251 e. The molecule has 1 aliphatic carbocycles. The lowest BCUT2D eigenvalue weighted by molar-refractivity contribution is 0.0928. The molecule has 3 aromatic rings. The van der Waals surface area contributed by atoms with Gasteiger partial charge in [-0.3, -0.25) is 4.79 Å². The Hall–Kier alpha value is -2.55. The predicted molar refractivity (Wildman–Crippen MR) is 98.1 cm³/mol. The van der Waals surface area contributed by atoms with Crippen LogP contribution >= 0.6 is 0 Å². The molecular weight excluding hydrogens is 296 g/mol. The largest absolute Gasteiger partial charge is 0.361 e. The maximum atomic E-state index is 12.6. The van der Waals surface area contributed by atoms with Crippen LogP contribution in [0, 0.1) is 0 Å². The van der Waals surface area contributed by atoms with Crippen molar-refractivity contribution in [1.29, 1.82) is 0 Å². The molecule has 122 valence electrons. The Morgan fingerprint density at radius 3 is 2.71 bits per heavy atom. The summed E-state index contributed by atoms with van der Waals surface area (Å²) in [6, 6.07) is 16.5. The van der Waals surface area contributed by atoms with Crippen LogP contribution < -0.4 is 5.32 Å². The van der Waals surface area contributed by atoms with Crippen LogP contribution in [0.25, 0.3) is 22.0 Å². The molecule has 3 heteroatoms. The second kappa shape index (κ2) is 6.52. The number of carbonyl (C=O) groups excluding carboxylic acids is 1. The van der Waals surface area contributed by atoms with Gasteiger partial charge in [0.15, 0.2) is 0 Å². The van der Waals surface area contributed by atoms with Crippen LogP contribution in [0.2, 0.25) is 0 Å². The van der Waals surface area contributed by atoms with E-state index in [1.165, 1.54) is 24.6 Å². The van der Waals surface area contributed by atoms with E-state index in [4.69, 9.17) is 0 Å². The summed E-state index contributed by atoms with van der Waals surface area (Å²) in [5.74, 6) is 0.0450. The Balaban J connectivity index is 1.60. The molecule has 0 bridgehead atoms. The lowest BCUT2D eigenvalue weighted by Crippen LogP contribution is -2.36. The van der Waals surface area contributed by atoms with Crippen LogP contribution in [-0.2, 0) is 0 Å². The molecule has 2 aromatic carbocycles. The lowest BCUT2D eigenvalue weighted by Gasteiger charge is -2.22. The zero-order valence-electron chi connectivity index (χ0n) is 13.7. The first-order valence-corrected chi connectivity index (χ1v) is 8.79. The van der Waals surface area contributed by atoms with Gasteiger partial charge in [0.25, 0.3) is 5.91 Å². The zero-order chi connectivity index (χ0) is 16.4. The summed E-state index contributed by atoms with van der Waals surface area (Å²) < 4.78 is 0. The highest BCUT2D eigenvalue weighted by Crippen LogP contribution is 2.29. The van der Waals surface area contributed by atoms with Crippen molar-refractivity contribution < 1.29 is 4.79 Å². The number of nitrogens with one attached hydrogen (secondary N) is 2. The summed E-state index contributed by atoms with van der Waals surface area (Å²) in [7, 11) is 0. The van der Waals surface area contributed by atoms with Gasteiger partial charge in [-0.05, 0) is 36.6 Å². The number of aromatic amines is 1. The van der Waals surface area contributed by atoms with Gasteiger partial charge >= 0.3 is 0 Å². The van der Waals surface area contributed by atoms with Crippen LogP contribution in [0.3, 0.4) is 0 Å². The van der Waals surface area contributed by atoms with Crippen molar-refractivity contribution in [3.8, 4) is 11.1 Å². The summed E-state index contributed by atoms with van der Waals surface area (Å²) in [6.45, 7) is 0. The third-order valence-corrected chi connectivity index (χ3v) is 4.97. The van der Waals surface area contributed by atoms with E-state index in [2.05, 4.69) is 28.5 Å². The van der Waals surface area contributed by atoms with E-state index in [0.717, 1.165) is 35.0 Å². The molecule has 4 rings (SSSR count). The maximum Gasteiger partial charge on any atom is 0.251 e. The van der Waals surface area contributed by atoms with Crippen LogP contribution in [-0.4, -0.2) is 16.9 Å². The van der Waals surface area contributed by atoms with Crippen LogP contribution in [0.4, 0.5) is 0 Å². The van der Waals surface area contributed by atoms with Crippen molar-refractivity contribution in [1.82, 2.24) is 10.3 Å². The molecule has 1 heterocycles. The van der Waals surface area contributed by atoms with Crippen molar-refractivity contribution >= 4 is 16.8 Å². The number of carbonyl (C=O) groups is 1. The fourth-order valence-corrected chi connectivity index (χ4v) is 3.65. The van der Waals surface area contributed by atoms with Crippen molar-refractivity contribution in [2.24, 2.45) is 0 Å². The van der Waals surface area contributed by atoms with Gasteiger partial charge in [0.2, 0.25) is 0 Å². The second-order valence-corrected chi connectivity index (χ2v) is 6.64. The van der Waals surface area contributed by atoms with Gasteiger partial charge in [0.05, 0.1) is 0 Å². The molecule has 1 aromatic heterocycles. The minimum Gasteiger partial charge on any atom is -0.361 e. The molecule has 0 saturated heterocycles. The number of benzene rings is 2. The molecule has 24 heavy (non-hydrogen) atoms. The third-order valence-electron chi connectivity index (χ3n) is 4.97. The van der Waals surface area contributed by atoms with Gasteiger partial charge in [-0.1, -0.05) is 49.6 Å². The summed E-state index contributed by atoms with van der Waals surface area (Å²) in [6.07, 6.45) is 7.97. The highest BCUT2D eigenvalue weighted by atomic mass is 16.1. The van der Waals surface area contributed by atoms with E-state index < -0.39 is 0 Å². The second-order valence-electron chi connectivity index (χ2n) is 6.64. The van der Waals surface area contributed by atoms with Gasteiger partial charge in [0, 0.05) is 34.3 Å². The standard InChI is InChI=1S/C21H22N2O/c24-21(23-17-9-2-1-3-10-17)16-8-6-7-15(13-16)19-14-22-20-12-5-4-11-18(19)20/h4-8,11-14,17,22H,1-3,9-10H2,(H,23,24). The summed E-state index contributed by atoms with van der Waals surface area (Å²) in [5.41, 5.74) is 4.06. The van der Waals surface area contributed by atoms with E-state index in [-0.39, 0.29) is 5.91 Å². The van der Waals surface area contributed by atoms with Gasteiger partial charge < -0.3 is 10.3 Å². The molecule has 3 nitrogen and oxygen atoms in total. The number of hydrogen-bond donors (Lipinski definition) is 2. The van der Waals surface area contributed by atoms with Gasteiger partial charge in [0.1, 0.15) is 0 Å². The minimum absolute atomic E-state index is 0.0450. The molecule has 1 saturated carbocycles. The van der Waals surface area contributed by atoms with E-state index in [1.54, 1.807) is 0 Å². The van der Waals surface area contributed by atoms with Crippen LogP contribution in [0.1, 0.15) is 42.5 Å². The molecule has 2 N–H and O–H groups in total. The molecule has 1 amide bonds. The predicted octanol–water partition coefficient (Wildman–Crippen LogP) is 4.90. The molecule has 0 unspecified atom stereocenters. The SMILES string of the molecule is O=C(NC1CCCCC1)c1cccc(-c2c[nH]c3ccccc23)c1. The number of hydrogen-bond acceptors (Lipinski definition) is 1. The fourth-order valence-electron chi connectivity index (χ4n) is 3.65. The molecule has 1 fully saturated rings. The first kappa shape index (κ1) is 15.0. The van der Waals surface area contributed by atoms with E-state index in [0.29, 0.717) is 6.04 Å². The number of fused-ring (bicyclic) bond motifs is 1. The molecule has 0 atom stereocenters. The van der Waals surface area contributed by atoms with Crippen molar-refractivity contribution in [3.05, 3.63) is 60.3 Å². The fraction of sp³-hybridized carbons (Fsp3) is 0.286. The Morgan fingerprint density at radius 1 is 1.00 bits per heavy atom. The summed E-state index contributed by atoms with van der Waals surface area (Å²) >= 11 is 0. The normalized spacial score (nSPS) is 15.5. The summed E-state index contributed by atoms with van der Waals surface area (Å²) in [5, 5.41) is 4.38. The number of amides is 1. The van der Waals surface area contributed by atoms with E-state index in [9.17, 15) is 4.79 Å². The molecular formula is C21H22N2O. The Kier molecular flexibility index (Phi) is 4.08. The molecule has 0 aliphatic heterocycles. The van der Waals surface area contributed by atoms with Crippen molar-refractivity contribution in [2.45, 2.75) is 38.1 Å². The average Bonchev–Trinajstić information content (AvgIpc) is 3.07. The average molecular weight is 318 g/mol. The van der Waals surface area contributed by atoms with Crippen LogP contribution in [0.15, 0.2) is 54.7 Å².